The van der Waals surface area contributed by atoms with E-state index in [1.807, 2.05) is 6.08 Å². The third kappa shape index (κ3) is 3.24. The first kappa shape index (κ1) is 20.2. The Morgan fingerprint density at radius 2 is 2.00 bits per heavy atom. The molecule has 0 aromatic carbocycles. The third-order valence-electron chi connectivity index (χ3n) is 7.89. The molecule has 5 heterocycles. The van der Waals surface area contributed by atoms with Crippen LogP contribution in [0.25, 0.3) is 0 Å². The number of fused-ring (bicyclic) bond motifs is 4. The van der Waals surface area contributed by atoms with Crippen molar-refractivity contribution < 1.29 is 18.4 Å². The molecule has 1 aliphatic carbocycles. The molecule has 2 amide bonds. The Morgan fingerprint density at radius 1 is 1.22 bits per heavy atom. The molecule has 0 radical (unpaired) electrons. The number of alkyl halides is 2. The highest BCUT2D eigenvalue weighted by molar-refractivity contribution is 6.47. The van der Waals surface area contributed by atoms with E-state index in [0.29, 0.717) is 36.2 Å². The molecule has 0 aromatic heterocycles. The average Bonchev–Trinajstić information content (AvgIpc) is 3.51. The standard InChI is InChI=1S/C23H27F2N5O2/c1-28-11-15-6-16(10-26-19(15)22(28)32)30-12-14-8-17(14)18-7-13(9-27-20(18)30)21(31)29-4-2-23(24,25)3-5-29/h6-7,9,14,16-18,20H,2-5,8,10-12H2,1H3. The van der Waals surface area contributed by atoms with Crippen molar-refractivity contribution in [1.29, 1.82) is 0 Å². The lowest BCUT2D eigenvalue weighted by atomic mass is 9.88. The molecular formula is C23H27F2N5O2. The first-order chi connectivity index (χ1) is 15.3. The molecule has 5 unspecified atom stereocenters. The van der Waals surface area contributed by atoms with Gasteiger partial charge in [-0.15, -0.1) is 0 Å². The summed E-state index contributed by atoms with van der Waals surface area (Å²) in [5, 5.41) is 0. The maximum absolute atomic E-state index is 13.5. The van der Waals surface area contributed by atoms with Crippen molar-refractivity contribution in [3.63, 3.8) is 0 Å². The van der Waals surface area contributed by atoms with Crippen LogP contribution in [0.3, 0.4) is 0 Å². The van der Waals surface area contributed by atoms with E-state index < -0.39 is 5.92 Å². The molecule has 32 heavy (non-hydrogen) atoms. The molecule has 0 aromatic rings. The van der Waals surface area contributed by atoms with Gasteiger partial charge in [-0.25, -0.2) is 8.78 Å². The summed E-state index contributed by atoms with van der Waals surface area (Å²) in [6, 6.07) is 0.0919. The van der Waals surface area contributed by atoms with Crippen LogP contribution in [0.1, 0.15) is 19.3 Å². The Labute approximate surface area is 185 Å². The van der Waals surface area contributed by atoms with Crippen LogP contribution < -0.4 is 0 Å². The lowest BCUT2D eigenvalue weighted by Gasteiger charge is -2.43. The second-order valence-electron chi connectivity index (χ2n) is 10.0. The zero-order valence-corrected chi connectivity index (χ0v) is 18.1. The van der Waals surface area contributed by atoms with Crippen LogP contribution in [-0.4, -0.2) is 96.3 Å². The predicted octanol–water partition coefficient (Wildman–Crippen LogP) is 1.37. The van der Waals surface area contributed by atoms with Gasteiger partial charge in [-0.1, -0.05) is 12.2 Å². The van der Waals surface area contributed by atoms with Crippen LogP contribution in [0.15, 0.2) is 33.3 Å². The van der Waals surface area contributed by atoms with Crippen LogP contribution in [-0.2, 0) is 9.59 Å². The summed E-state index contributed by atoms with van der Waals surface area (Å²) in [6.07, 6.45) is 6.39. The van der Waals surface area contributed by atoms with Gasteiger partial charge < -0.3 is 9.80 Å². The van der Waals surface area contributed by atoms with Crippen molar-refractivity contribution >= 4 is 23.7 Å². The van der Waals surface area contributed by atoms with Gasteiger partial charge >= 0.3 is 0 Å². The summed E-state index contributed by atoms with van der Waals surface area (Å²) in [6.45, 7) is 2.27. The number of piperidine rings is 2. The zero-order chi connectivity index (χ0) is 22.2. The third-order valence-corrected chi connectivity index (χ3v) is 7.89. The van der Waals surface area contributed by atoms with E-state index in [0.717, 1.165) is 18.5 Å². The van der Waals surface area contributed by atoms with Crippen LogP contribution in [0.4, 0.5) is 8.78 Å². The minimum Gasteiger partial charge on any atom is -0.338 e. The molecule has 6 rings (SSSR count). The van der Waals surface area contributed by atoms with E-state index in [9.17, 15) is 18.4 Å². The number of dihydropyridines is 2. The number of rotatable bonds is 2. The molecule has 0 spiro atoms. The van der Waals surface area contributed by atoms with Crippen LogP contribution in [0.2, 0.25) is 0 Å². The highest BCUT2D eigenvalue weighted by Gasteiger charge is 2.54. The Kier molecular flexibility index (Phi) is 4.44. The van der Waals surface area contributed by atoms with Gasteiger partial charge in [0, 0.05) is 58.2 Å². The molecule has 0 bridgehead atoms. The molecule has 1 saturated carbocycles. The second kappa shape index (κ2) is 7.04. The fraction of sp³-hybridized carbons (Fsp3) is 0.652. The van der Waals surface area contributed by atoms with E-state index in [4.69, 9.17) is 4.99 Å². The monoisotopic (exact) mass is 443 g/mol. The van der Waals surface area contributed by atoms with Crippen molar-refractivity contribution in [3.8, 4) is 0 Å². The van der Waals surface area contributed by atoms with E-state index in [2.05, 4.69) is 16.0 Å². The van der Waals surface area contributed by atoms with E-state index >= 15 is 0 Å². The van der Waals surface area contributed by atoms with Crippen molar-refractivity contribution in [3.05, 3.63) is 23.3 Å². The largest absolute Gasteiger partial charge is 0.338 e. The van der Waals surface area contributed by atoms with Gasteiger partial charge in [-0.2, -0.15) is 0 Å². The van der Waals surface area contributed by atoms with Crippen LogP contribution in [0, 0.1) is 17.8 Å². The molecule has 5 aliphatic heterocycles. The summed E-state index contributed by atoms with van der Waals surface area (Å²) >= 11 is 0. The molecule has 5 atom stereocenters. The molecule has 170 valence electrons. The van der Waals surface area contributed by atoms with Gasteiger partial charge in [0.25, 0.3) is 17.7 Å². The first-order valence-corrected chi connectivity index (χ1v) is 11.5. The number of aliphatic imine (C=N–C) groups is 2. The minimum absolute atomic E-state index is 0.00859. The van der Waals surface area contributed by atoms with Crippen molar-refractivity contribution in [2.24, 2.45) is 27.7 Å². The molecule has 9 heteroatoms. The van der Waals surface area contributed by atoms with E-state index in [1.54, 1.807) is 18.2 Å². The molecular weight excluding hydrogens is 416 g/mol. The molecule has 4 fully saturated rings. The summed E-state index contributed by atoms with van der Waals surface area (Å²) in [5.41, 5.74) is 2.12. The number of likely N-dealkylation sites (N-methyl/N-ethyl adjacent to an activating group) is 1. The number of amides is 2. The van der Waals surface area contributed by atoms with E-state index in [-0.39, 0.29) is 55.9 Å². The van der Waals surface area contributed by atoms with Gasteiger partial charge in [0.15, 0.2) is 0 Å². The Morgan fingerprint density at radius 3 is 2.78 bits per heavy atom. The fourth-order valence-electron chi connectivity index (χ4n) is 5.94. The maximum Gasteiger partial charge on any atom is 0.272 e. The Hall–Kier alpha value is -2.42. The van der Waals surface area contributed by atoms with Gasteiger partial charge in [-0.05, 0) is 23.8 Å². The Balaban J connectivity index is 1.20. The van der Waals surface area contributed by atoms with E-state index in [1.165, 1.54) is 4.90 Å². The van der Waals surface area contributed by atoms with Gasteiger partial charge in [0.05, 0.1) is 18.2 Å². The SMILES string of the molecule is CN1CC2=CC(N3CC4CC4C4C=C(C(=O)N5CCC(F)(F)CC5)C=NC43)CN=C2C1=O. The van der Waals surface area contributed by atoms with Crippen molar-refractivity contribution in [2.45, 2.75) is 37.4 Å². The molecule has 6 aliphatic rings. The van der Waals surface area contributed by atoms with Crippen molar-refractivity contribution in [2.75, 3.05) is 39.8 Å². The first-order valence-electron chi connectivity index (χ1n) is 11.5. The summed E-state index contributed by atoms with van der Waals surface area (Å²) < 4.78 is 27.0. The zero-order valence-electron chi connectivity index (χ0n) is 18.1. The number of carbonyl (C=O) groups is 2. The van der Waals surface area contributed by atoms with Crippen molar-refractivity contribution in [1.82, 2.24) is 14.7 Å². The highest BCUT2D eigenvalue weighted by atomic mass is 19.3. The number of carbonyl (C=O) groups excluding carboxylic acids is 2. The summed E-state index contributed by atoms with van der Waals surface area (Å²) in [4.78, 5) is 40.2. The topological polar surface area (TPSA) is 68.6 Å². The normalized spacial score (nSPS) is 37.8. The quantitative estimate of drug-likeness (QED) is 0.648. The average molecular weight is 443 g/mol. The maximum atomic E-state index is 13.5. The smallest absolute Gasteiger partial charge is 0.272 e. The number of halogens is 2. The van der Waals surface area contributed by atoms with Crippen LogP contribution in [0.5, 0.6) is 0 Å². The summed E-state index contributed by atoms with van der Waals surface area (Å²) in [7, 11) is 1.79. The van der Waals surface area contributed by atoms with Crippen LogP contribution >= 0.6 is 0 Å². The number of likely N-dealkylation sites (tertiary alicyclic amines) is 3. The predicted molar refractivity (Wildman–Crippen MR) is 115 cm³/mol. The molecule has 7 nitrogen and oxygen atoms in total. The molecule has 0 N–H and O–H groups in total. The second-order valence-corrected chi connectivity index (χ2v) is 10.0. The summed E-state index contributed by atoms with van der Waals surface area (Å²) in [5.74, 6) is -1.60. The number of hydrogen-bond donors (Lipinski definition) is 0. The van der Waals surface area contributed by atoms with Gasteiger partial charge in [0.1, 0.15) is 11.9 Å². The number of nitrogens with zero attached hydrogens (tertiary/aromatic N) is 5. The highest BCUT2D eigenvalue weighted by Crippen LogP contribution is 2.53. The molecule has 3 saturated heterocycles. The minimum atomic E-state index is -2.67. The fourth-order valence-corrected chi connectivity index (χ4v) is 5.94. The Bertz CT molecular complexity index is 992. The number of hydrogen-bond acceptors (Lipinski definition) is 5. The lowest BCUT2D eigenvalue weighted by Crippen LogP contribution is -2.53. The van der Waals surface area contributed by atoms with Gasteiger partial charge in [-0.3, -0.25) is 24.5 Å². The lowest BCUT2D eigenvalue weighted by molar-refractivity contribution is -0.132. The van der Waals surface area contributed by atoms with Gasteiger partial charge in [0.2, 0.25) is 0 Å².